The molecular weight excluding hydrogens is 324 g/mol. The smallest absolute Gasteiger partial charge is 0.269 e. The molecule has 1 heterocycles. The summed E-state index contributed by atoms with van der Waals surface area (Å²) < 4.78 is 11.0. The maximum Gasteiger partial charge on any atom is 0.269 e. The molecule has 1 unspecified atom stereocenters. The van der Waals surface area contributed by atoms with Crippen LogP contribution < -0.4 is 14.8 Å². The Hall–Kier alpha value is -3.09. The highest BCUT2D eigenvalue weighted by atomic mass is 16.6. The lowest BCUT2D eigenvalue weighted by Gasteiger charge is -2.25. The van der Waals surface area contributed by atoms with Gasteiger partial charge in [-0.15, -0.1) is 0 Å². The average Bonchev–Trinajstić information content (AvgIpc) is 2.65. The van der Waals surface area contributed by atoms with E-state index in [-0.39, 0.29) is 24.1 Å². The molecule has 7 heteroatoms. The molecule has 0 saturated heterocycles. The van der Waals surface area contributed by atoms with Crippen LogP contribution in [0.25, 0.3) is 0 Å². The molecule has 0 radical (unpaired) electrons. The molecule has 7 nitrogen and oxygen atoms in total. The first kappa shape index (κ1) is 16.8. The van der Waals surface area contributed by atoms with Crippen molar-refractivity contribution in [2.75, 3.05) is 19.8 Å². The van der Waals surface area contributed by atoms with Crippen molar-refractivity contribution in [3.8, 4) is 11.5 Å². The Kier molecular flexibility index (Phi) is 5.13. The van der Waals surface area contributed by atoms with Crippen LogP contribution in [-0.4, -0.2) is 30.6 Å². The van der Waals surface area contributed by atoms with Gasteiger partial charge < -0.3 is 14.8 Å². The van der Waals surface area contributed by atoms with Gasteiger partial charge in [-0.3, -0.25) is 14.9 Å². The predicted octanol–water partition coefficient (Wildman–Crippen LogP) is 2.34. The summed E-state index contributed by atoms with van der Waals surface area (Å²) in [7, 11) is 0. The van der Waals surface area contributed by atoms with Crippen molar-refractivity contribution in [1.29, 1.82) is 0 Å². The van der Waals surface area contributed by atoms with Gasteiger partial charge in [0.1, 0.15) is 11.5 Å². The lowest BCUT2D eigenvalue weighted by atomic mass is 9.97. The normalized spacial score (nSPS) is 15.6. The Morgan fingerprint density at radius 1 is 1.24 bits per heavy atom. The second kappa shape index (κ2) is 7.65. The van der Waals surface area contributed by atoms with E-state index in [2.05, 4.69) is 5.32 Å². The van der Waals surface area contributed by atoms with Crippen molar-refractivity contribution in [3.63, 3.8) is 0 Å². The number of fused-ring (bicyclic) bond motifs is 1. The Morgan fingerprint density at radius 2 is 2.00 bits per heavy atom. The fraction of sp³-hybridized carbons (Fsp3) is 0.278. The van der Waals surface area contributed by atoms with Gasteiger partial charge in [-0.1, -0.05) is 18.2 Å². The summed E-state index contributed by atoms with van der Waals surface area (Å²) in [5, 5.41) is 13.4. The van der Waals surface area contributed by atoms with E-state index in [9.17, 15) is 14.9 Å². The molecule has 0 spiro atoms. The highest BCUT2D eigenvalue weighted by molar-refractivity contribution is 5.77. The molecule has 1 atom stereocenters. The standard InChI is InChI=1S/C18H18N2O5/c21-18(12-24-16-7-5-15(6-8-16)20(22)23)19-10-13-9-14-3-1-2-4-17(14)25-11-13/h1-8,13H,9-12H2,(H,19,21). The number of benzene rings is 2. The molecule has 1 aliphatic rings. The van der Waals surface area contributed by atoms with Gasteiger partial charge in [-0.05, 0) is 30.2 Å². The van der Waals surface area contributed by atoms with Crippen LogP contribution in [0.5, 0.6) is 11.5 Å². The Balaban J connectivity index is 1.42. The van der Waals surface area contributed by atoms with Crippen molar-refractivity contribution in [3.05, 3.63) is 64.2 Å². The van der Waals surface area contributed by atoms with Gasteiger partial charge in [-0.2, -0.15) is 0 Å². The summed E-state index contributed by atoms with van der Waals surface area (Å²) in [6.45, 7) is 0.944. The quantitative estimate of drug-likeness (QED) is 0.643. The van der Waals surface area contributed by atoms with Crippen LogP contribution in [-0.2, 0) is 11.2 Å². The molecular formula is C18H18N2O5. The van der Waals surface area contributed by atoms with E-state index in [0.717, 1.165) is 17.7 Å². The lowest BCUT2D eigenvalue weighted by Crippen LogP contribution is -2.37. The van der Waals surface area contributed by atoms with Gasteiger partial charge in [0.15, 0.2) is 6.61 Å². The van der Waals surface area contributed by atoms with Crippen LogP contribution in [0.3, 0.4) is 0 Å². The highest BCUT2D eigenvalue weighted by Crippen LogP contribution is 2.26. The second-order valence-electron chi connectivity index (χ2n) is 5.83. The van der Waals surface area contributed by atoms with Crippen molar-refractivity contribution in [1.82, 2.24) is 5.32 Å². The summed E-state index contributed by atoms with van der Waals surface area (Å²) >= 11 is 0. The number of nitro groups is 1. The van der Waals surface area contributed by atoms with Crippen molar-refractivity contribution in [2.45, 2.75) is 6.42 Å². The van der Waals surface area contributed by atoms with Gasteiger partial charge in [-0.25, -0.2) is 0 Å². The van der Waals surface area contributed by atoms with E-state index in [1.165, 1.54) is 24.3 Å². The van der Waals surface area contributed by atoms with Crippen LogP contribution in [0.1, 0.15) is 5.56 Å². The van der Waals surface area contributed by atoms with E-state index in [0.29, 0.717) is 18.9 Å². The molecule has 1 amide bonds. The van der Waals surface area contributed by atoms with E-state index in [1.54, 1.807) is 0 Å². The maximum atomic E-state index is 11.9. The van der Waals surface area contributed by atoms with Gasteiger partial charge in [0, 0.05) is 24.6 Å². The summed E-state index contributed by atoms with van der Waals surface area (Å²) in [5.74, 6) is 1.30. The predicted molar refractivity (Wildman–Crippen MR) is 90.7 cm³/mol. The van der Waals surface area contributed by atoms with Gasteiger partial charge >= 0.3 is 0 Å². The number of non-ortho nitro benzene ring substituents is 1. The molecule has 2 aromatic rings. The molecule has 0 aliphatic carbocycles. The van der Waals surface area contributed by atoms with E-state index in [1.807, 2.05) is 24.3 Å². The van der Waals surface area contributed by atoms with E-state index in [4.69, 9.17) is 9.47 Å². The number of amides is 1. The molecule has 1 aliphatic heterocycles. The van der Waals surface area contributed by atoms with Crippen molar-refractivity contribution < 1.29 is 19.2 Å². The number of nitrogens with one attached hydrogen (secondary N) is 1. The number of nitro benzene ring substituents is 1. The third-order valence-corrected chi connectivity index (χ3v) is 3.96. The number of hydrogen-bond donors (Lipinski definition) is 1. The topological polar surface area (TPSA) is 90.7 Å². The SMILES string of the molecule is O=C(COc1ccc([N+](=O)[O-])cc1)NCC1COc2ccccc2C1. The first-order valence-corrected chi connectivity index (χ1v) is 7.96. The van der Waals surface area contributed by atoms with Crippen LogP contribution in [0.15, 0.2) is 48.5 Å². The fourth-order valence-electron chi connectivity index (χ4n) is 2.64. The second-order valence-corrected chi connectivity index (χ2v) is 5.83. The minimum absolute atomic E-state index is 0.0191. The minimum atomic E-state index is -0.485. The average molecular weight is 342 g/mol. The van der Waals surface area contributed by atoms with Crippen molar-refractivity contribution in [2.24, 2.45) is 5.92 Å². The fourth-order valence-corrected chi connectivity index (χ4v) is 2.64. The number of rotatable bonds is 6. The monoisotopic (exact) mass is 342 g/mol. The highest BCUT2D eigenvalue weighted by Gasteiger charge is 2.20. The maximum absolute atomic E-state index is 11.9. The summed E-state index contributed by atoms with van der Waals surface area (Å²) in [6, 6.07) is 13.5. The number of carbonyl (C=O) groups excluding carboxylic acids is 1. The van der Waals surface area contributed by atoms with E-state index < -0.39 is 4.92 Å². The summed E-state index contributed by atoms with van der Waals surface area (Å²) in [6.07, 6.45) is 0.861. The molecule has 0 aromatic heterocycles. The molecule has 25 heavy (non-hydrogen) atoms. The molecule has 3 rings (SSSR count). The van der Waals surface area contributed by atoms with Gasteiger partial charge in [0.25, 0.3) is 11.6 Å². The van der Waals surface area contributed by atoms with Crippen molar-refractivity contribution >= 4 is 11.6 Å². The first-order chi connectivity index (χ1) is 12.1. The molecule has 0 saturated carbocycles. The number of ether oxygens (including phenoxy) is 2. The lowest BCUT2D eigenvalue weighted by molar-refractivity contribution is -0.384. The molecule has 0 fully saturated rings. The number of carbonyl (C=O) groups is 1. The summed E-state index contributed by atoms with van der Waals surface area (Å²) in [4.78, 5) is 22.0. The Labute approximate surface area is 144 Å². The third-order valence-electron chi connectivity index (χ3n) is 3.96. The zero-order valence-electron chi connectivity index (χ0n) is 13.5. The van der Waals surface area contributed by atoms with Crippen LogP contribution in [0.4, 0.5) is 5.69 Å². The minimum Gasteiger partial charge on any atom is -0.493 e. The third kappa shape index (κ3) is 4.47. The molecule has 130 valence electrons. The first-order valence-electron chi connectivity index (χ1n) is 7.96. The number of nitrogens with zero attached hydrogens (tertiary/aromatic N) is 1. The van der Waals surface area contributed by atoms with Crippen LogP contribution >= 0.6 is 0 Å². The zero-order chi connectivity index (χ0) is 17.6. The molecule has 1 N–H and O–H groups in total. The van der Waals surface area contributed by atoms with Gasteiger partial charge in [0.05, 0.1) is 11.5 Å². The largest absolute Gasteiger partial charge is 0.493 e. The zero-order valence-corrected chi connectivity index (χ0v) is 13.5. The van der Waals surface area contributed by atoms with Gasteiger partial charge in [0.2, 0.25) is 0 Å². The Morgan fingerprint density at radius 3 is 2.76 bits per heavy atom. The molecule has 2 aromatic carbocycles. The number of hydrogen-bond acceptors (Lipinski definition) is 5. The Bertz CT molecular complexity index is 760. The number of para-hydroxylation sites is 1. The summed E-state index contributed by atoms with van der Waals surface area (Å²) in [5.41, 5.74) is 1.13. The van der Waals surface area contributed by atoms with E-state index >= 15 is 0 Å². The molecule has 0 bridgehead atoms. The van der Waals surface area contributed by atoms with Crippen LogP contribution in [0.2, 0.25) is 0 Å². The van der Waals surface area contributed by atoms with Crippen LogP contribution in [0, 0.1) is 16.0 Å².